The molecule has 0 heterocycles. The third-order valence-corrected chi connectivity index (χ3v) is 3.78. The van der Waals surface area contributed by atoms with Crippen LogP contribution in [0.15, 0.2) is 0 Å². The highest BCUT2D eigenvalue weighted by Gasteiger charge is 2.53. The molecule has 5 nitrogen and oxygen atoms in total. The van der Waals surface area contributed by atoms with Crippen molar-refractivity contribution in [1.29, 1.82) is 0 Å². The van der Waals surface area contributed by atoms with Crippen LogP contribution in [0.25, 0.3) is 0 Å². The number of hydrogen-bond donors (Lipinski definition) is 0. The number of hydrogen-bond acceptors (Lipinski definition) is 5. The molecule has 1 rings (SSSR count). The molecule has 0 amide bonds. The van der Waals surface area contributed by atoms with Crippen molar-refractivity contribution >= 4 is 17.7 Å². The summed E-state index contributed by atoms with van der Waals surface area (Å²) in [6.45, 7) is 6.39. The first-order chi connectivity index (χ1) is 10.6. The van der Waals surface area contributed by atoms with Crippen LogP contribution < -0.4 is 0 Å². The van der Waals surface area contributed by atoms with Gasteiger partial charge in [0.15, 0.2) is 5.78 Å². The zero-order valence-electron chi connectivity index (χ0n) is 14.4. The first kappa shape index (κ1) is 19.6. The predicted octanol–water partition coefficient (Wildman–Crippen LogP) is 3.14. The maximum Gasteiger partial charge on any atom is 0.352 e. The van der Waals surface area contributed by atoms with Gasteiger partial charge in [-0.05, 0) is 40.5 Å². The minimum absolute atomic E-state index is 0.0564. The smallest absolute Gasteiger partial charge is 0.352 e. The number of carbonyl (C=O) groups excluding carboxylic acids is 3. The molecular weight excluding hydrogens is 303 g/mol. The van der Waals surface area contributed by atoms with E-state index >= 15 is 4.39 Å². The van der Waals surface area contributed by atoms with E-state index in [9.17, 15) is 14.4 Å². The normalized spacial score (nSPS) is 18.8. The molecule has 23 heavy (non-hydrogen) atoms. The molecule has 0 aromatic rings. The van der Waals surface area contributed by atoms with Gasteiger partial charge in [-0.25, -0.2) is 9.18 Å². The number of rotatable bonds is 6. The second kappa shape index (κ2) is 7.88. The quantitative estimate of drug-likeness (QED) is 0.553. The van der Waals surface area contributed by atoms with E-state index in [1.54, 1.807) is 27.7 Å². The second-order valence-corrected chi connectivity index (χ2v) is 6.98. The summed E-state index contributed by atoms with van der Waals surface area (Å²) in [5, 5.41) is 0. The molecule has 0 aliphatic heterocycles. The van der Waals surface area contributed by atoms with Gasteiger partial charge in [-0.1, -0.05) is 19.3 Å². The predicted molar refractivity (Wildman–Crippen MR) is 82.5 cm³/mol. The van der Waals surface area contributed by atoms with Gasteiger partial charge >= 0.3 is 11.9 Å². The molecule has 1 fully saturated rings. The first-order valence-electron chi connectivity index (χ1n) is 8.22. The summed E-state index contributed by atoms with van der Waals surface area (Å²) in [6, 6.07) is 0. The number of carbonyl (C=O) groups is 3. The van der Waals surface area contributed by atoms with Crippen LogP contribution in [-0.4, -0.2) is 35.6 Å². The van der Waals surface area contributed by atoms with Crippen LogP contribution in [0.1, 0.15) is 66.2 Å². The molecule has 6 heteroatoms. The number of halogens is 1. The summed E-state index contributed by atoms with van der Waals surface area (Å²) in [5.41, 5.74) is -3.92. The molecule has 1 aliphatic carbocycles. The van der Waals surface area contributed by atoms with Crippen LogP contribution in [0.2, 0.25) is 0 Å². The molecule has 0 aromatic carbocycles. The molecule has 1 unspecified atom stereocenters. The van der Waals surface area contributed by atoms with E-state index in [1.807, 2.05) is 0 Å². The Balaban J connectivity index is 3.00. The average molecular weight is 330 g/mol. The minimum Gasteiger partial charge on any atom is -0.466 e. The van der Waals surface area contributed by atoms with Gasteiger partial charge in [0.1, 0.15) is 5.60 Å². The molecule has 1 saturated carbocycles. The Hall–Kier alpha value is -1.46. The van der Waals surface area contributed by atoms with E-state index < -0.39 is 41.3 Å². The van der Waals surface area contributed by atoms with Crippen LogP contribution in [0.4, 0.5) is 4.39 Å². The topological polar surface area (TPSA) is 69.7 Å². The summed E-state index contributed by atoms with van der Waals surface area (Å²) in [5.74, 6) is -3.60. The fourth-order valence-corrected chi connectivity index (χ4v) is 2.72. The lowest BCUT2D eigenvalue weighted by Crippen LogP contribution is -2.50. The lowest BCUT2D eigenvalue weighted by atomic mass is 9.79. The molecular formula is C17H27FO5. The van der Waals surface area contributed by atoms with Gasteiger partial charge in [-0.2, -0.15) is 0 Å². The van der Waals surface area contributed by atoms with Gasteiger partial charge in [0.25, 0.3) is 5.67 Å². The number of ketones is 1. The average Bonchev–Trinajstić information content (AvgIpc) is 2.45. The van der Waals surface area contributed by atoms with Crippen LogP contribution in [0, 0.1) is 5.92 Å². The standard InChI is InChI=1S/C17H27FO5/c1-5-22-13(19)11-17(18,15(21)23-16(2,3)4)14(20)12-9-7-6-8-10-12/h12H,5-11H2,1-4H3. The third-order valence-electron chi connectivity index (χ3n) is 3.78. The van der Waals surface area contributed by atoms with Gasteiger partial charge in [0, 0.05) is 5.92 Å². The van der Waals surface area contributed by atoms with Crippen LogP contribution in [-0.2, 0) is 23.9 Å². The van der Waals surface area contributed by atoms with E-state index in [-0.39, 0.29) is 6.61 Å². The van der Waals surface area contributed by atoms with Crippen molar-refractivity contribution in [1.82, 2.24) is 0 Å². The zero-order chi connectivity index (χ0) is 17.7. The molecule has 132 valence electrons. The van der Waals surface area contributed by atoms with Crippen molar-refractivity contribution in [2.75, 3.05) is 6.61 Å². The van der Waals surface area contributed by atoms with E-state index in [1.165, 1.54) is 0 Å². The minimum atomic E-state index is -2.97. The Morgan fingerprint density at radius 3 is 2.13 bits per heavy atom. The zero-order valence-corrected chi connectivity index (χ0v) is 14.4. The van der Waals surface area contributed by atoms with Gasteiger partial charge in [-0.3, -0.25) is 9.59 Å². The van der Waals surface area contributed by atoms with Crippen molar-refractivity contribution in [3.05, 3.63) is 0 Å². The Morgan fingerprint density at radius 2 is 1.65 bits per heavy atom. The van der Waals surface area contributed by atoms with Crippen molar-refractivity contribution < 1.29 is 28.2 Å². The molecule has 0 spiro atoms. The van der Waals surface area contributed by atoms with E-state index in [2.05, 4.69) is 0 Å². The monoisotopic (exact) mass is 330 g/mol. The molecule has 1 atom stereocenters. The Bertz CT molecular complexity index is 448. The highest BCUT2D eigenvalue weighted by Crippen LogP contribution is 2.33. The van der Waals surface area contributed by atoms with Crippen LogP contribution in [0.5, 0.6) is 0 Å². The summed E-state index contributed by atoms with van der Waals surface area (Å²) >= 11 is 0. The fraction of sp³-hybridized carbons (Fsp3) is 0.824. The van der Waals surface area contributed by atoms with Crippen molar-refractivity contribution in [3.63, 3.8) is 0 Å². The van der Waals surface area contributed by atoms with Crippen LogP contribution >= 0.6 is 0 Å². The number of ether oxygens (including phenoxy) is 2. The lowest BCUT2D eigenvalue weighted by Gasteiger charge is -2.30. The number of esters is 2. The van der Waals surface area contributed by atoms with E-state index in [0.29, 0.717) is 12.8 Å². The highest BCUT2D eigenvalue weighted by atomic mass is 19.1. The van der Waals surface area contributed by atoms with Crippen molar-refractivity contribution in [2.45, 2.75) is 77.5 Å². The molecule has 0 saturated heterocycles. The fourth-order valence-electron chi connectivity index (χ4n) is 2.72. The molecule has 0 aromatic heterocycles. The molecule has 0 N–H and O–H groups in total. The lowest BCUT2D eigenvalue weighted by molar-refractivity contribution is -0.178. The Morgan fingerprint density at radius 1 is 1.09 bits per heavy atom. The summed E-state index contributed by atoms with van der Waals surface area (Å²) in [6.07, 6.45) is 2.78. The molecule has 0 bridgehead atoms. The van der Waals surface area contributed by atoms with Gasteiger partial charge < -0.3 is 9.47 Å². The Labute approximate surface area is 136 Å². The SMILES string of the molecule is CCOC(=O)CC(F)(C(=O)OC(C)(C)C)C(=O)C1CCCCC1. The largest absolute Gasteiger partial charge is 0.466 e. The summed E-state index contributed by atoms with van der Waals surface area (Å²) < 4.78 is 25.1. The maximum absolute atomic E-state index is 15.3. The van der Waals surface area contributed by atoms with Gasteiger partial charge in [0.2, 0.25) is 0 Å². The second-order valence-electron chi connectivity index (χ2n) is 6.98. The van der Waals surface area contributed by atoms with Gasteiger partial charge in [0.05, 0.1) is 13.0 Å². The third kappa shape index (κ3) is 5.59. The number of Topliss-reactive ketones (excluding diaryl/α,β-unsaturated/α-hetero) is 1. The molecule has 1 aliphatic rings. The highest BCUT2D eigenvalue weighted by molar-refractivity contribution is 6.10. The van der Waals surface area contributed by atoms with Gasteiger partial charge in [-0.15, -0.1) is 0 Å². The Kier molecular flexibility index (Phi) is 6.71. The first-order valence-corrected chi connectivity index (χ1v) is 8.22. The summed E-state index contributed by atoms with van der Waals surface area (Å²) in [7, 11) is 0. The summed E-state index contributed by atoms with van der Waals surface area (Å²) in [4.78, 5) is 36.6. The molecule has 0 radical (unpaired) electrons. The maximum atomic E-state index is 15.3. The number of alkyl halides is 1. The van der Waals surface area contributed by atoms with E-state index in [4.69, 9.17) is 9.47 Å². The van der Waals surface area contributed by atoms with Crippen molar-refractivity contribution in [2.24, 2.45) is 5.92 Å². The van der Waals surface area contributed by atoms with Crippen LogP contribution in [0.3, 0.4) is 0 Å². The van der Waals surface area contributed by atoms with E-state index in [0.717, 1.165) is 19.3 Å². The van der Waals surface area contributed by atoms with Crippen molar-refractivity contribution in [3.8, 4) is 0 Å².